The van der Waals surface area contributed by atoms with Crippen LogP contribution in [0.4, 0.5) is 0 Å². The Balaban J connectivity index is 2.45. The van der Waals surface area contributed by atoms with Gasteiger partial charge in [0.05, 0.1) is 12.7 Å². The Kier molecular flexibility index (Phi) is 1.69. The van der Waals surface area contributed by atoms with Crippen molar-refractivity contribution < 1.29 is 4.74 Å². The van der Waals surface area contributed by atoms with Crippen LogP contribution in [0.5, 0.6) is 0 Å². The summed E-state index contributed by atoms with van der Waals surface area (Å²) in [6.45, 7) is 5.07. The van der Waals surface area contributed by atoms with E-state index in [1.807, 2.05) is 0 Å². The monoisotopic (exact) mass is 112 g/mol. The van der Waals surface area contributed by atoms with Crippen molar-refractivity contribution in [1.29, 1.82) is 0 Å². The fourth-order valence-electron chi connectivity index (χ4n) is 0.950. The average molecular weight is 112 g/mol. The smallest absolute Gasteiger partial charge is 0.0653 e. The first kappa shape index (κ1) is 5.83. The number of ether oxygens (including phenoxy) is 1. The van der Waals surface area contributed by atoms with Gasteiger partial charge in [0, 0.05) is 0 Å². The number of hydrogen-bond acceptors (Lipinski definition) is 1. The molecule has 8 heavy (non-hydrogen) atoms. The van der Waals surface area contributed by atoms with Crippen LogP contribution >= 0.6 is 0 Å². The van der Waals surface area contributed by atoms with Gasteiger partial charge in [-0.15, -0.1) is 0 Å². The van der Waals surface area contributed by atoms with E-state index < -0.39 is 0 Å². The molecule has 1 rings (SSSR count). The first-order valence-electron chi connectivity index (χ1n) is 3.06. The summed E-state index contributed by atoms with van der Waals surface area (Å²) in [6, 6.07) is 0. The van der Waals surface area contributed by atoms with Gasteiger partial charge in [0.2, 0.25) is 0 Å². The molecule has 1 heterocycles. The van der Waals surface area contributed by atoms with Crippen molar-refractivity contribution in [2.45, 2.75) is 26.4 Å². The molecule has 0 bridgehead atoms. The van der Waals surface area contributed by atoms with Crippen LogP contribution in [0.25, 0.3) is 0 Å². The zero-order chi connectivity index (χ0) is 5.98. The van der Waals surface area contributed by atoms with E-state index in [2.05, 4.69) is 19.9 Å². The molecule has 0 fully saturated rings. The summed E-state index contributed by atoms with van der Waals surface area (Å²) in [5.74, 6) is 0. The molecule has 1 aliphatic rings. The summed E-state index contributed by atoms with van der Waals surface area (Å²) in [4.78, 5) is 0. The minimum absolute atomic E-state index is 0.444. The maximum absolute atomic E-state index is 5.27. The Morgan fingerprint density at radius 2 is 2.50 bits per heavy atom. The Morgan fingerprint density at radius 3 is 2.88 bits per heavy atom. The van der Waals surface area contributed by atoms with Gasteiger partial charge in [-0.3, -0.25) is 0 Å². The summed E-state index contributed by atoms with van der Waals surface area (Å²) in [7, 11) is 0. The third kappa shape index (κ3) is 1.34. The van der Waals surface area contributed by atoms with Crippen molar-refractivity contribution >= 4 is 0 Å². The fraction of sp³-hybridized carbons (Fsp3) is 0.714. The summed E-state index contributed by atoms with van der Waals surface area (Å²) < 4.78 is 5.27. The molecule has 0 radical (unpaired) electrons. The van der Waals surface area contributed by atoms with Crippen molar-refractivity contribution in [2.75, 3.05) is 6.61 Å². The minimum atomic E-state index is 0.444. The molecule has 1 unspecified atom stereocenters. The van der Waals surface area contributed by atoms with Crippen LogP contribution in [0.1, 0.15) is 20.3 Å². The second kappa shape index (κ2) is 2.31. The predicted molar refractivity (Wildman–Crippen MR) is 33.8 cm³/mol. The van der Waals surface area contributed by atoms with Gasteiger partial charge in [-0.25, -0.2) is 0 Å². The van der Waals surface area contributed by atoms with Gasteiger partial charge in [0.25, 0.3) is 0 Å². The van der Waals surface area contributed by atoms with Gasteiger partial charge in [0.1, 0.15) is 0 Å². The molecule has 0 aliphatic carbocycles. The van der Waals surface area contributed by atoms with Crippen LogP contribution in [0.3, 0.4) is 0 Å². The standard InChI is InChI=1S/C7H12O/c1-6-3-4-8-7(2)5-6/h3,7H,4-5H2,1-2H3. The van der Waals surface area contributed by atoms with Crippen molar-refractivity contribution in [2.24, 2.45) is 0 Å². The lowest BCUT2D eigenvalue weighted by molar-refractivity contribution is 0.0784. The summed E-state index contributed by atoms with van der Waals surface area (Å²) in [5, 5.41) is 0. The number of rotatable bonds is 0. The van der Waals surface area contributed by atoms with E-state index >= 15 is 0 Å². The maximum Gasteiger partial charge on any atom is 0.0653 e. The van der Waals surface area contributed by atoms with Gasteiger partial charge in [-0.1, -0.05) is 11.6 Å². The third-order valence-electron chi connectivity index (χ3n) is 1.42. The van der Waals surface area contributed by atoms with Gasteiger partial charge >= 0.3 is 0 Å². The lowest BCUT2D eigenvalue weighted by Gasteiger charge is -2.16. The van der Waals surface area contributed by atoms with Crippen LogP contribution < -0.4 is 0 Å². The molecule has 0 aromatic carbocycles. The van der Waals surface area contributed by atoms with Crippen LogP contribution in [-0.2, 0) is 4.74 Å². The largest absolute Gasteiger partial charge is 0.374 e. The first-order chi connectivity index (χ1) is 3.79. The summed E-state index contributed by atoms with van der Waals surface area (Å²) in [5.41, 5.74) is 1.46. The highest BCUT2D eigenvalue weighted by Crippen LogP contribution is 2.11. The van der Waals surface area contributed by atoms with E-state index in [9.17, 15) is 0 Å². The average Bonchev–Trinajstić information content (AvgIpc) is 1.64. The van der Waals surface area contributed by atoms with E-state index in [0.717, 1.165) is 13.0 Å². The molecule has 0 saturated carbocycles. The van der Waals surface area contributed by atoms with Crippen molar-refractivity contribution in [1.82, 2.24) is 0 Å². The van der Waals surface area contributed by atoms with Crippen LogP contribution in [-0.4, -0.2) is 12.7 Å². The van der Waals surface area contributed by atoms with Gasteiger partial charge in [-0.05, 0) is 20.3 Å². The molecule has 1 heteroatoms. The molecule has 46 valence electrons. The van der Waals surface area contributed by atoms with E-state index in [4.69, 9.17) is 4.74 Å². The zero-order valence-corrected chi connectivity index (χ0v) is 5.48. The Hall–Kier alpha value is -0.300. The molecule has 0 aromatic rings. The summed E-state index contributed by atoms with van der Waals surface area (Å²) in [6.07, 6.45) is 3.69. The van der Waals surface area contributed by atoms with E-state index in [1.54, 1.807) is 0 Å². The van der Waals surface area contributed by atoms with E-state index in [0.29, 0.717) is 6.10 Å². The zero-order valence-electron chi connectivity index (χ0n) is 5.48. The van der Waals surface area contributed by atoms with E-state index in [-0.39, 0.29) is 0 Å². The molecule has 1 atom stereocenters. The molecule has 0 amide bonds. The Labute approximate surface area is 50.3 Å². The lowest BCUT2D eigenvalue weighted by Crippen LogP contribution is -2.13. The van der Waals surface area contributed by atoms with Crippen LogP contribution in [0.15, 0.2) is 11.6 Å². The Morgan fingerprint density at radius 1 is 1.75 bits per heavy atom. The van der Waals surface area contributed by atoms with Crippen LogP contribution in [0, 0.1) is 0 Å². The quantitative estimate of drug-likeness (QED) is 0.434. The van der Waals surface area contributed by atoms with E-state index in [1.165, 1.54) is 5.57 Å². The van der Waals surface area contributed by atoms with Gasteiger partial charge in [-0.2, -0.15) is 0 Å². The fourth-order valence-corrected chi connectivity index (χ4v) is 0.950. The van der Waals surface area contributed by atoms with Crippen molar-refractivity contribution in [3.8, 4) is 0 Å². The molecule has 0 spiro atoms. The SMILES string of the molecule is CC1=CCOC(C)C1. The number of hydrogen-bond donors (Lipinski definition) is 0. The molecule has 0 N–H and O–H groups in total. The second-order valence-electron chi connectivity index (χ2n) is 2.40. The molecule has 1 aliphatic heterocycles. The minimum Gasteiger partial charge on any atom is -0.374 e. The molecule has 1 nitrogen and oxygen atoms in total. The van der Waals surface area contributed by atoms with Crippen molar-refractivity contribution in [3.63, 3.8) is 0 Å². The van der Waals surface area contributed by atoms with Crippen LogP contribution in [0.2, 0.25) is 0 Å². The highest BCUT2D eigenvalue weighted by Gasteiger charge is 2.05. The third-order valence-corrected chi connectivity index (χ3v) is 1.42. The second-order valence-corrected chi connectivity index (χ2v) is 2.40. The van der Waals surface area contributed by atoms with Gasteiger partial charge < -0.3 is 4.74 Å². The highest BCUT2D eigenvalue weighted by atomic mass is 16.5. The molecular weight excluding hydrogens is 100 g/mol. The highest BCUT2D eigenvalue weighted by molar-refractivity contribution is 5.02. The normalized spacial score (nSPS) is 29.8. The molecule has 0 saturated heterocycles. The molecular formula is C7H12O. The Bertz CT molecular complexity index is 105. The predicted octanol–water partition coefficient (Wildman–Crippen LogP) is 1.74. The van der Waals surface area contributed by atoms with Crippen molar-refractivity contribution in [3.05, 3.63) is 11.6 Å². The molecule has 0 aromatic heterocycles. The summed E-state index contributed by atoms with van der Waals surface area (Å²) >= 11 is 0. The van der Waals surface area contributed by atoms with Gasteiger partial charge in [0.15, 0.2) is 0 Å². The topological polar surface area (TPSA) is 9.23 Å². The lowest BCUT2D eigenvalue weighted by atomic mass is 10.1. The maximum atomic E-state index is 5.27. The first-order valence-corrected chi connectivity index (χ1v) is 3.06.